The third-order valence-corrected chi connectivity index (χ3v) is 11.3. The minimum Gasteiger partial charge on any atom is -0.508 e. The van der Waals surface area contributed by atoms with Crippen LogP contribution in [-0.4, -0.2) is 34.3 Å². The van der Waals surface area contributed by atoms with Gasteiger partial charge in [-0.25, -0.2) is 15.0 Å². The number of phenolic OH excluding ortho intramolecular Hbond substituents is 1. The van der Waals surface area contributed by atoms with Gasteiger partial charge in [0.25, 0.3) is 0 Å². The normalized spacial score (nSPS) is 16.3. The summed E-state index contributed by atoms with van der Waals surface area (Å²) in [6.45, 7) is 4.55. The van der Waals surface area contributed by atoms with Crippen LogP contribution in [0.3, 0.4) is 0 Å². The van der Waals surface area contributed by atoms with Crippen molar-refractivity contribution in [2.45, 2.75) is 37.7 Å². The lowest BCUT2D eigenvalue weighted by Crippen LogP contribution is -2.37. The molecule has 9 rings (SSSR count). The highest BCUT2D eigenvalue weighted by atomic mass is 16.5. The Labute approximate surface area is 314 Å². The topological polar surface area (TPSA) is 86.6 Å². The lowest BCUT2D eigenvalue weighted by Gasteiger charge is -2.38. The van der Waals surface area contributed by atoms with Crippen LogP contribution in [0.1, 0.15) is 54.8 Å². The molecular formula is C47H39N3O4. The second kappa shape index (κ2) is 12.9. The van der Waals surface area contributed by atoms with Crippen LogP contribution in [0.4, 0.5) is 0 Å². The van der Waals surface area contributed by atoms with Crippen molar-refractivity contribution in [3.63, 3.8) is 0 Å². The van der Waals surface area contributed by atoms with Crippen molar-refractivity contribution >= 4 is 16.8 Å². The molecule has 0 spiro atoms. The Morgan fingerprint density at radius 2 is 1.24 bits per heavy atom. The molecule has 1 aliphatic heterocycles. The number of methoxy groups -OCH3 is 2. The summed E-state index contributed by atoms with van der Waals surface area (Å²) >= 11 is 0. The third-order valence-electron chi connectivity index (χ3n) is 11.3. The number of phenols is 1. The van der Waals surface area contributed by atoms with Gasteiger partial charge in [0.1, 0.15) is 11.5 Å². The van der Waals surface area contributed by atoms with Crippen LogP contribution in [0, 0.1) is 0 Å². The molecule has 7 aromatic rings. The Bertz CT molecular complexity index is 2520. The quantitative estimate of drug-likeness (QED) is 0.168. The molecule has 266 valence electrons. The van der Waals surface area contributed by atoms with Crippen LogP contribution in [0.25, 0.3) is 50.8 Å². The maximum Gasteiger partial charge on any atom is 0.212 e. The van der Waals surface area contributed by atoms with Crippen LogP contribution in [0.5, 0.6) is 23.0 Å². The molecule has 1 N–H and O–H groups in total. The van der Waals surface area contributed by atoms with Crippen LogP contribution >= 0.6 is 0 Å². The van der Waals surface area contributed by atoms with Gasteiger partial charge in [0, 0.05) is 33.1 Å². The first-order valence-electron chi connectivity index (χ1n) is 18.4. The number of aromatic nitrogens is 3. The standard InChI is InChI=1S/C47H39N3O4/c1-5-46(6-2)37-20-14-13-19-33(37)40-35-27-38(52-3)39(53-4)28-36(35)42-34(41(40)46)25-26-47(54-42,31-21-23-32(51)24-22-31)45-49-43(29-15-9-7-10-16-29)48-44(50-45)30-17-11-8-12-18-30/h7-28,51H,5-6H2,1-4H3. The monoisotopic (exact) mass is 709 g/mol. The van der Waals surface area contributed by atoms with E-state index >= 15 is 0 Å². The molecule has 0 fully saturated rings. The highest BCUT2D eigenvalue weighted by Crippen LogP contribution is 2.61. The maximum atomic E-state index is 10.5. The second-order valence-corrected chi connectivity index (χ2v) is 13.8. The molecule has 7 nitrogen and oxygen atoms in total. The molecule has 54 heavy (non-hydrogen) atoms. The predicted octanol–water partition coefficient (Wildman–Crippen LogP) is 10.5. The van der Waals surface area contributed by atoms with Gasteiger partial charge >= 0.3 is 0 Å². The zero-order valence-corrected chi connectivity index (χ0v) is 30.6. The van der Waals surface area contributed by atoms with Gasteiger partial charge in [-0.15, -0.1) is 0 Å². The number of fused-ring (bicyclic) bond motifs is 8. The number of rotatable bonds is 8. The molecule has 1 atom stereocenters. The first kappa shape index (κ1) is 33.4. The van der Waals surface area contributed by atoms with Crippen LogP contribution in [0.15, 0.2) is 127 Å². The zero-order chi connectivity index (χ0) is 37.0. The lowest BCUT2D eigenvalue weighted by atomic mass is 9.71. The first-order chi connectivity index (χ1) is 26.4. The van der Waals surface area contributed by atoms with Gasteiger partial charge in [-0.2, -0.15) is 0 Å². The van der Waals surface area contributed by atoms with E-state index in [4.69, 9.17) is 29.2 Å². The summed E-state index contributed by atoms with van der Waals surface area (Å²) in [5.41, 5.74) is 6.86. The van der Waals surface area contributed by atoms with Crippen molar-refractivity contribution < 1.29 is 19.3 Å². The van der Waals surface area contributed by atoms with Gasteiger partial charge < -0.3 is 19.3 Å². The summed E-state index contributed by atoms with van der Waals surface area (Å²) in [4.78, 5) is 15.4. The van der Waals surface area contributed by atoms with Crippen molar-refractivity contribution in [2.24, 2.45) is 0 Å². The van der Waals surface area contributed by atoms with E-state index in [0.717, 1.165) is 45.9 Å². The molecule has 1 aromatic heterocycles. The molecule has 2 heterocycles. The molecule has 1 aliphatic carbocycles. The fraction of sp³-hybridized carbons (Fsp3) is 0.170. The van der Waals surface area contributed by atoms with Crippen molar-refractivity contribution in [1.82, 2.24) is 15.0 Å². The Morgan fingerprint density at radius 3 is 1.83 bits per heavy atom. The Kier molecular flexibility index (Phi) is 7.96. The van der Waals surface area contributed by atoms with E-state index in [-0.39, 0.29) is 11.2 Å². The van der Waals surface area contributed by atoms with Crippen molar-refractivity contribution in [3.05, 3.63) is 155 Å². The summed E-state index contributed by atoms with van der Waals surface area (Å²) in [5.74, 6) is 3.55. The summed E-state index contributed by atoms with van der Waals surface area (Å²) in [6.07, 6.45) is 6.08. The predicted molar refractivity (Wildman–Crippen MR) is 213 cm³/mol. The average Bonchev–Trinajstić information content (AvgIpc) is 3.54. The van der Waals surface area contributed by atoms with Gasteiger partial charge in [-0.05, 0) is 70.8 Å². The first-order valence-corrected chi connectivity index (χ1v) is 18.4. The molecule has 0 bridgehead atoms. The van der Waals surface area contributed by atoms with Crippen LogP contribution in [-0.2, 0) is 11.0 Å². The number of hydrogen-bond donors (Lipinski definition) is 1. The van der Waals surface area contributed by atoms with E-state index in [0.29, 0.717) is 34.7 Å². The number of hydrogen-bond acceptors (Lipinski definition) is 7. The lowest BCUT2D eigenvalue weighted by molar-refractivity contribution is 0.152. The Morgan fingerprint density at radius 1 is 0.667 bits per heavy atom. The molecule has 6 aromatic carbocycles. The van der Waals surface area contributed by atoms with Gasteiger partial charge in [-0.3, -0.25) is 0 Å². The fourth-order valence-corrected chi connectivity index (χ4v) is 8.57. The second-order valence-electron chi connectivity index (χ2n) is 13.8. The van der Waals surface area contributed by atoms with Gasteiger partial charge in [0.15, 0.2) is 29.0 Å². The number of ether oxygens (including phenoxy) is 3. The average molecular weight is 710 g/mol. The third kappa shape index (κ3) is 4.92. The van der Waals surface area contributed by atoms with Gasteiger partial charge in [-0.1, -0.05) is 117 Å². The van der Waals surface area contributed by atoms with E-state index in [9.17, 15) is 5.11 Å². The van der Waals surface area contributed by atoms with Crippen molar-refractivity contribution in [2.75, 3.05) is 14.2 Å². The molecule has 7 heteroatoms. The summed E-state index contributed by atoms with van der Waals surface area (Å²) < 4.78 is 19.4. The smallest absolute Gasteiger partial charge is 0.212 e. The van der Waals surface area contributed by atoms with Crippen LogP contribution < -0.4 is 14.2 Å². The van der Waals surface area contributed by atoms with E-state index in [1.165, 1.54) is 22.3 Å². The minimum atomic E-state index is -1.32. The maximum absolute atomic E-state index is 10.5. The molecular weight excluding hydrogens is 671 g/mol. The largest absolute Gasteiger partial charge is 0.508 e. The van der Waals surface area contributed by atoms with Gasteiger partial charge in [0.2, 0.25) is 5.60 Å². The highest BCUT2D eigenvalue weighted by molar-refractivity contribution is 6.09. The van der Waals surface area contributed by atoms with Crippen LogP contribution in [0.2, 0.25) is 0 Å². The van der Waals surface area contributed by atoms with Crippen molar-refractivity contribution in [3.8, 4) is 56.9 Å². The summed E-state index contributed by atoms with van der Waals surface area (Å²) in [6, 6.07) is 39.8. The molecule has 0 saturated heterocycles. The Hall–Kier alpha value is -6.47. The highest BCUT2D eigenvalue weighted by Gasteiger charge is 2.48. The fourth-order valence-electron chi connectivity index (χ4n) is 8.57. The SMILES string of the molecule is CCC1(CC)c2ccccc2-c2c1c1c(c3cc(OC)c(OC)cc23)OC(c2ccc(O)cc2)(c2nc(-c3ccccc3)nc(-c3ccccc3)n2)C=C1. The van der Waals surface area contributed by atoms with Crippen molar-refractivity contribution in [1.29, 1.82) is 0 Å². The molecule has 0 radical (unpaired) electrons. The minimum absolute atomic E-state index is 0.147. The van der Waals surface area contributed by atoms with Gasteiger partial charge in [0.05, 0.1) is 14.2 Å². The number of aromatic hydroxyl groups is 1. The van der Waals surface area contributed by atoms with E-state index in [1.54, 1.807) is 26.4 Å². The van der Waals surface area contributed by atoms with E-state index < -0.39 is 5.60 Å². The zero-order valence-electron chi connectivity index (χ0n) is 30.6. The summed E-state index contributed by atoms with van der Waals surface area (Å²) in [5, 5.41) is 12.4. The molecule has 0 saturated carbocycles. The summed E-state index contributed by atoms with van der Waals surface area (Å²) in [7, 11) is 3.32. The molecule has 1 unspecified atom stereocenters. The molecule has 0 amide bonds. The number of nitrogens with zero attached hydrogens (tertiary/aromatic N) is 3. The van der Waals surface area contributed by atoms with E-state index in [1.807, 2.05) is 78.9 Å². The van der Waals surface area contributed by atoms with E-state index in [2.05, 4.69) is 56.3 Å². The number of benzene rings is 6. The Balaban J connectivity index is 1.39. The molecule has 2 aliphatic rings.